The van der Waals surface area contributed by atoms with Crippen LogP contribution >= 0.6 is 23.1 Å². The van der Waals surface area contributed by atoms with Crippen molar-refractivity contribution in [1.29, 1.82) is 0 Å². The summed E-state index contributed by atoms with van der Waals surface area (Å²) < 4.78 is 24.8. The van der Waals surface area contributed by atoms with Gasteiger partial charge in [0.2, 0.25) is 21.1 Å². The Hall–Kier alpha value is -2.17. The minimum absolute atomic E-state index is 0.145. The normalized spacial score (nSPS) is 12.1. The Kier molecular flexibility index (Phi) is 5.41. The van der Waals surface area contributed by atoms with Crippen LogP contribution in [0, 0.1) is 0 Å². The van der Waals surface area contributed by atoms with E-state index in [1.165, 1.54) is 11.3 Å². The number of benzene rings is 1. The summed E-state index contributed by atoms with van der Waals surface area (Å²) in [4.78, 5) is 12.7. The van der Waals surface area contributed by atoms with Gasteiger partial charge in [-0.2, -0.15) is 15.3 Å². The fourth-order valence-electron chi connectivity index (χ4n) is 2.27. The van der Waals surface area contributed by atoms with Gasteiger partial charge in [-0.15, -0.1) is 10.2 Å². The fourth-order valence-corrected chi connectivity index (χ4v) is 5.05. The van der Waals surface area contributed by atoms with E-state index in [0.717, 1.165) is 22.0 Å². The van der Waals surface area contributed by atoms with Gasteiger partial charge in [0.1, 0.15) is 0 Å². The number of amides is 1. The number of nitrogens with zero attached hydrogens (tertiary/aromatic N) is 3. The van der Waals surface area contributed by atoms with Crippen molar-refractivity contribution in [2.75, 3.05) is 11.6 Å². The monoisotopic (exact) mass is 422 g/mol. The number of thioether (sulfide) groups is 1. The molecule has 1 N–H and O–H groups in total. The molecule has 0 fully saturated rings. The van der Waals surface area contributed by atoms with Crippen molar-refractivity contribution in [3.8, 4) is 11.4 Å². The number of thiophene rings is 1. The molecular weight excluding hydrogens is 404 g/mol. The first kappa shape index (κ1) is 19.6. The summed E-state index contributed by atoms with van der Waals surface area (Å²) in [5.74, 6) is -0.0284. The van der Waals surface area contributed by atoms with Gasteiger partial charge in [-0.05, 0) is 37.4 Å². The summed E-state index contributed by atoms with van der Waals surface area (Å²) in [6.45, 7) is 3.42. The first-order valence-electron chi connectivity index (χ1n) is 7.92. The molecule has 3 rings (SSSR count). The van der Waals surface area contributed by atoms with Gasteiger partial charge in [-0.1, -0.05) is 30.0 Å². The van der Waals surface area contributed by atoms with Crippen molar-refractivity contribution in [3.05, 3.63) is 47.2 Å². The predicted molar refractivity (Wildman–Crippen MR) is 109 cm³/mol. The lowest BCUT2D eigenvalue weighted by atomic mass is 10.2. The Morgan fingerprint density at radius 2 is 1.89 bits per heavy atom. The Morgan fingerprint density at radius 3 is 2.48 bits per heavy atom. The molecule has 0 atom stereocenters. The third-order valence-electron chi connectivity index (χ3n) is 3.63. The van der Waals surface area contributed by atoms with E-state index in [1.807, 2.05) is 23.6 Å². The molecule has 0 unspecified atom stereocenters. The number of nitrogens with one attached hydrogen (secondary N) is 1. The van der Waals surface area contributed by atoms with Crippen molar-refractivity contribution in [2.24, 2.45) is 0 Å². The van der Waals surface area contributed by atoms with E-state index in [0.29, 0.717) is 11.3 Å². The van der Waals surface area contributed by atoms with Gasteiger partial charge in [-0.25, -0.2) is 8.42 Å². The molecule has 0 saturated carbocycles. The second kappa shape index (κ2) is 7.45. The van der Waals surface area contributed by atoms with Crippen LogP contribution in [0.25, 0.3) is 11.4 Å². The van der Waals surface area contributed by atoms with Crippen molar-refractivity contribution in [1.82, 2.24) is 14.2 Å². The van der Waals surface area contributed by atoms with E-state index in [9.17, 15) is 13.2 Å². The van der Waals surface area contributed by atoms with Gasteiger partial charge < -0.3 is 5.32 Å². The van der Waals surface area contributed by atoms with Gasteiger partial charge in [0.15, 0.2) is 5.82 Å². The van der Waals surface area contributed by atoms with Crippen molar-refractivity contribution < 1.29 is 13.2 Å². The number of aromatic nitrogens is 3. The Labute approximate surface area is 165 Å². The van der Waals surface area contributed by atoms with Crippen LogP contribution in [0.3, 0.4) is 0 Å². The number of hydrogen-bond acceptors (Lipinski definition) is 7. The molecule has 0 spiro atoms. The number of hydrogen-bond donors (Lipinski definition) is 1. The Balaban J connectivity index is 1.91. The average Bonchev–Trinajstić information content (AvgIpc) is 3.24. The number of para-hydroxylation sites is 1. The average molecular weight is 423 g/mol. The van der Waals surface area contributed by atoms with Gasteiger partial charge in [0, 0.05) is 16.6 Å². The van der Waals surface area contributed by atoms with Gasteiger partial charge in [0.05, 0.1) is 11.0 Å². The van der Waals surface area contributed by atoms with E-state index < -0.39 is 14.8 Å². The zero-order chi connectivity index (χ0) is 19.7. The van der Waals surface area contributed by atoms with Crippen LogP contribution in [0.4, 0.5) is 5.69 Å². The first-order valence-corrected chi connectivity index (χ1v) is 11.5. The zero-order valence-corrected chi connectivity index (χ0v) is 17.4. The van der Waals surface area contributed by atoms with Crippen LogP contribution in [-0.2, 0) is 14.8 Å². The molecule has 2 heterocycles. The second-order valence-corrected chi connectivity index (χ2v) is 10.5. The molecule has 10 heteroatoms. The van der Waals surface area contributed by atoms with E-state index in [2.05, 4.69) is 15.5 Å². The topological polar surface area (TPSA) is 93.9 Å². The summed E-state index contributed by atoms with van der Waals surface area (Å²) in [5.41, 5.74) is 1.33. The van der Waals surface area contributed by atoms with Crippen LogP contribution in [0.2, 0.25) is 0 Å². The highest BCUT2D eigenvalue weighted by Gasteiger charge is 2.33. The van der Waals surface area contributed by atoms with Crippen LogP contribution in [0.1, 0.15) is 13.8 Å². The number of carbonyl (C=O) groups is 1. The predicted octanol–water partition coefficient (Wildman–Crippen LogP) is 3.32. The molecule has 0 aliphatic rings. The van der Waals surface area contributed by atoms with Gasteiger partial charge in [0.25, 0.3) is 0 Å². The second-order valence-electron chi connectivity index (χ2n) is 6.28. The maximum Gasteiger partial charge on any atom is 0.240 e. The quantitative estimate of drug-likeness (QED) is 0.613. The Morgan fingerprint density at radius 1 is 1.19 bits per heavy atom. The zero-order valence-electron chi connectivity index (χ0n) is 14.9. The molecule has 0 radical (unpaired) electrons. The minimum Gasteiger partial charge on any atom is -0.325 e. The SMILES string of the molecule is CC(C)(Sc1nnc(-c2ccsc2)n1S(C)(=O)=O)C(=O)Nc1ccccc1. The summed E-state index contributed by atoms with van der Waals surface area (Å²) in [6, 6.07) is 10.8. The lowest BCUT2D eigenvalue weighted by molar-refractivity contribution is -0.117. The summed E-state index contributed by atoms with van der Waals surface area (Å²) in [7, 11) is -3.66. The molecule has 0 aliphatic heterocycles. The van der Waals surface area contributed by atoms with Crippen LogP contribution in [0.15, 0.2) is 52.3 Å². The minimum atomic E-state index is -3.66. The smallest absolute Gasteiger partial charge is 0.240 e. The molecule has 7 nitrogen and oxygen atoms in total. The largest absolute Gasteiger partial charge is 0.325 e. The summed E-state index contributed by atoms with van der Waals surface area (Å²) in [6.07, 6.45) is 1.09. The molecule has 0 bridgehead atoms. The lowest BCUT2D eigenvalue weighted by Crippen LogP contribution is -2.34. The third kappa shape index (κ3) is 4.40. The molecule has 27 heavy (non-hydrogen) atoms. The van der Waals surface area contributed by atoms with Crippen LogP contribution in [0.5, 0.6) is 0 Å². The fraction of sp³-hybridized carbons (Fsp3) is 0.235. The molecule has 1 aromatic carbocycles. The highest BCUT2D eigenvalue weighted by Crippen LogP contribution is 2.35. The first-order chi connectivity index (χ1) is 12.7. The van der Waals surface area contributed by atoms with E-state index in [4.69, 9.17) is 0 Å². The van der Waals surface area contributed by atoms with E-state index in [1.54, 1.807) is 37.4 Å². The number of carbonyl (C=O) groups excluding carboxylic acids is 1. The number of rotatable bonds is 6. The standard InChI is InChI=1S/C17H18N4O3S3/c1-17(2,15(22)18-13-7-5-4-6-8-13)26-16-20-19-14(12-9-10-25-11-12)21(16)27(3,23)24/h4-11H,1-3H3,(H,18,22). The molecule has 3 aromatic rings. The van der Waals surface area contributed by atoms with Crippen molar-refractivity contribution in [3.63, 3.8) is 0 Å². The van der Waals surface area contributed by atoms with Gasteiger partial charge in [-0.3, -0.25) is 4.79 Å². The highest BCUT2D eigenvalue weighted by atomic mass is 32.2. The molecule has 2 aromatic heterocycles. The van der Waals surface area contributed by atoms with E-state index >= 15 is 0 Å². The maximum absolute atomic E-state index is 12.7. The maximum atomic E-state index is 12.7. The van der Waals surface area contributed by atoms with E-state index in [-0.39, 0.29) is 16.9 Å². The molecule has 0 aliphatic carbocycles. The summed E-state index contributed by atoms with van der Waals surface area (Å²) in [5, 5.41) is 14.7. The molecule has 1 amide bonds. The van der Waals surface area contributed by atoms with Crippen molar-refractivity contribution in [2.45, 2.75) is 23.8 Å². The third-order valence-corrected chi connectivity index (χ3v) is 6.58. The van der Waals surface area contributed by atoms with Crippen LogP contribution < -0.4 is 5.32 Å². The lowest BCUT2D eigenvalue weighted by Gasteiger charge is -2.22. The highest BCUT2D eigenvalue weighted by molar-refractivity contribution is 8.01. The Bertz CT molecular complexity index is 1040. The molecule has 142 valence electrons. The van der Waals surface area contributed by atoms with Gasteiger partial charge >= 0.3 is 0 Å². The summed E-state index contributed by atoms with van der Waals surface area (Å²) >= 11 is 2.48. The molecule has 0 saturated heterocycles. The van der Waals surface area contributed by atoms with Crippen LogP contribution in [-0.4, -0.2) is 39.5 Å². The number of anilines is 1. The van der Waals surface area contributed by atoms with Crippen molar-refractivity contribution >= 4 is 44.7 Å². The molecular formula is C17H18N4O3S3.